The molecule has 1 aromatic heterocycles. The Labute approximate surface area is 96.9 Å². The van der Waals surface area contributed by atoms with Crippen molar-refractivity contribution in [2.75, 3.05) is 0 Å². The molecule has 0 aliphatic carbocycles. The lowest BCUT2D eigenvalue weighted by atomic mass is 9.99. The van der Waals surface area contributed by atoms with E-state index in [9.17, 15) is 8.78 Å². The number of hydrogen-bond acceptors (Lipinski definition) is 2. The number of fused-ring (bicyclic) bond motifs is 1. The molecule has 0 bridgehead atoms. The second-order valence-electron chi connectivity index (χ2n) is 4.06. The number of halogens is 2. The topological polar surface area (TPSA) is 26.0 Å². The molecule has 86 valence electrons. The van der Waals surface area contributed by atoms with E-state index in [0.717, 1.165) is 20.5 Å². The molecule has 4 heteroatoms. The summed E-state index contributed by atoms with van der Waals surface area (Å²) in [6.07, 6.45) is 0. The highest BCUT2D eigenvalue weighted by atomic mass is 32.1. The zero-order valence-electron chi connectivity index (χ0n) is 9.18. The van der Waals surface area contributed by atoms with Crippen LogP contribution in [-0.2, 0) is 6.54 Å². The summed E-state index contributed by atoms with van der Waals surface area (Å²) in [6, 6.07) is 2.52. The number of thiophene rings is 1. The maximum absolute atomic E-state index is 13.2. The van der Waals surface area contributed by atoms with Crippen LogP contribution in [0, 0.1) is 11.6 Å². The summed E-state index contributed by atoms with van der Waals surface area (Å²) in [5.41, 5.74) is 6.69. The molecule has 2 rings (SSSR count). The molecule has 16 heavy (non-hydrogen) atoms. The number of rotatable bonds is 2. The summed E-state index contributed by atoms with van der Waals surface area (Å²) in [7, 11) is 0. The zero-order valence-corrected chi connectivity index (χ0v) is 10.00. The zero-order chi connectivity index (χ0) is 11.9. The minimum Gasteiger partial charge on any atom is -0.326 e. The van der Waals surface area contributed by atoms with Crippen LogP contribution in [0.25, 0.3) is 10.1 Å². The van der Waals surface area contributed by atoms with E-state index in [-0.39, 0.29) is 5.92 Å². The first kappa shape index (κ1) is 11.5. The van der Waals surface area contributed by atoms with Gasteiger partial charge in [-0.2, -0.15) is 0 Å². The minimum atomic E-state index is -0.798. The van der Waals surface area contributed by atoms with Crippen molar-refractivity contribution in [3.8, 4) is 0 Å². The maximum Gasteiger partial charge on any atom is 0.160 e. The van der Waals surface area contributed by atoms with Crippen molar-refractivity contribution >= 4 is 21.4 Å². The Bertz CT molecular complexity index is 531. The average molecular weight is 241 g/mol. The third-order valence-corrected chi connectivity index (χ3v) is 3.80. The van der Waals surface area contributed by atoms with E-state index >= 15 is 0 Å². The van der Waals surface area contributed by atoms with Crippen LogP contribution in [-0.4, -0.2) is 0 Å². The number of hydrogen-bond donors (Lipinski definition) is 1. The summed E-state index contributed by atoms with van der Waals surface area (Å²) in [4.78, 5) is 1.01. The summed E-state index contributed by atoms with van der Waals surface area (Å²) in [6.45, 7) is 4.47. The molecule has 0 amide bonds. The van der Waals surface area contributed by atoms with Crippen LogP contribution in [0.2, 0.25) is 0 Å². The molecule has 0 aliphatic heterocycles. The molecule has 0 unspecified atom stereocenters. The molecule has 2 aromatic rings. The molecule has 0 spiro atoms. The van der Waals surface area contributed by atoms with Crippen molar-refractivity contribution in [3.05, 3.63) is 34.2 Å². The predicted molar refractivity (Wildman–Crippen MR) is 63.7 cm³/mol. The van der Waals surface area contributed by atoms with Gasteiger partial charge in [0.2, 0.25) is 0 Å². The fourth-order valence-electron chi connectivity index (χ4n) is 1.95. The second kappa shape index (κ2) is 4.11. The molecule has 0 fully saturated rings. The maximum atomic E-state index is 13.2. The van der Waals surface area contributed by atoms with Crippen molar-refractivity contribution in [1.29, 1.82) is 0 Å². The van der Waals surface area contributed by atoms with Gasteiger partial charge in [0.25, 0.3) is 0 Å². The van der Waals surface area contributed by atoms with E-state index in [0.29, 0.717) is 6.54 Å². The van der Waals surface area contributed by atoms with Crippen molar-refractivity contribution in [1.82, 2.24) is 0 Å². The van der Waals surface area contributed by atoms with E-state index in [1.807, 2.05) is 13.8 Å². The van der Waals surface area contributed by atoms with Crippen LogP contribution in [0.4, 0.5) is 8.78 Å². The standard InChI is InChI=1S/C12H13F2NS/c1-6(2)12-7-3-8(13)9(14)4-10(7)16-11(12)5-15/h3-4,6H,5,15H2,1-2H3. The molecule has 0 atom stereocenters. The van der Waals surface area contributed by atoms with E-state index in [1.54, 1.807) is 0 Å². The van der Waals surface area contributed by atoms with Gasteiger partial charge in [0, 0.05) is 16.1 Å². The lowest BCUT2D eigenvalue weighted by Crippen LogP contribution is -1.98. The average Bonchev–Trinajstić information content (AvgIpc) is 2.56. The van der Waals surface area contributed by atoms with Gasteiger partial charge in [-0.15, -0.1) is 11.3 Å². The smallest absolute Gasteiger partial charge is 0.160 e. The molecule has 0 aliphatic rings. The second-order valence-corrected chi connectivity index (χ2v) is 5.20. The van der Waals surface area contributed by atoms with Gasteiger partial charge in [-0.25, -0.2) is 8.78 Å². The molecule has 2 N–H and O–H groups in total. The highest BCUT2D eigenvalue weighted by molar-refractivity contribution is 7.19. The lowest BCUT2D eigenvalue weighted by molar-refractivity contribution is 0.511. The van der Waals surface area contributed by atoms with Crippen LogP contribution in [0.15, 0.2) is 12.1 Å². The van der Waals surface area contributed by atoms with Crippen molar-refractivity contribution in [2.24, 2.45) is 5.73 Å². The molecule has 1 nitrogen and oxygen atoms in total. The lowest BCUT2D eigenvalue weighted by Gasteiger charge is -2.06. The highest BCUT2D eigenvalue weighted by Gasteiger charge is 2.16. The SMILES string of the molecule is CC(C)c1c(CN)sc2cc(F)c(F)cc12. The van der Waals surface area contributed by atoms with Gasteiger partial charge in [-0.3, -0.25) is 0 Å². The van der Waals surface area contributed by atoms with Crippen LogP contribution in [0.1, 0.15) is 30.2 Å². The van der Waals surface area contributed by atoms with Crippen LogP contribution < -0.4 is 5.73 Å². The van der Waals surface area contributed by atoms with Gasteiger partial charge < -0.3 is 5.73 Å². The summed E-state index contributed by atoms with van der Waals surface area (Å²) in [5, 5.41) is 0.791. The Kier molecular flexibility index (Phi) is 2.95. The molecule has 1 aromatic carbocycles. The quantitative estimate of drug-likeness (QED) is 0.851. The van der Waals surface area contributed by atoms with Crippen LogP contribution in [0.5, 0.6) is 0 Å². The van der Waals surface area contributed by atoms with E-state index in [1.165, 1.54) is 23.5 Å². The number of nitrogens with two attached hydrogens (primary N) is 1. The first-order valence-electron chi connectivity index (χ1n) is 5.15. The predicted octanol–water partition coefficient (Wildman–Crippen LogP) is 3.76. The molecule has 0 saturated carbocycles. The fourth-order valence-corrected chi connectivity index (χ4v) is 3.19. The third kappa shape index (κ3) is 1.72. The van der Waals surface area contributed by atoms with Gasteiger partial charge in [0.1, 0.15) is 0 Å². The first-order valence-corrected chi connectivity index (χ1v) is 5.96. The van der Waals surface area contributed by atoms with Gasteiger partial charge in [0.05, 0.1) is 0 Å². The Balaban J connectivity index is 2.79. The van der Waals surface area contributed by atoms with Crippen LogP contribution in [0.3, 0.4) is 0 Å². The third-order valence-electron chi connectivity index (χ3n) is 2.61. The Morgan fingerprint density at radius 3 is 2.44 bits per heavy atom. The summed E-state index contributed by atoms with van der Waals surface area (Å²) < 4.78 is 27.1. The van der Waals surface area contributed by atoms with Gasteiger partial charge in [-0.1, -0.05) is 13.8 Å². The minimum absolute atomic E-state index is 0.261. The van der Waals surface area contributed by atoms with Crippen LogP contribution >= 0.6 is 11.3 Å². The fraction of sp³-hybridized carbons (Fsp3) is 0.333. The molecular formula is C12H13F2NS. The monoisotopic (exact) mass is 241 g/mol. The van der Waals surface area contributed by atoms with E-state index in [4.69, 9.17) is 5.73 Å². The largest absolute Gasteiger partial charge is 0.326 e. The number of benzene rings is 1. The van der Waals surface area contributed by atoms with Gasteiger partial charge >= 0.3 is 0 Å². The molecule has 0 saturated heterocycles. The van der Waals surface area contributed by atoms with Gasteiger partial charge in [-0.05, 0) is 29.0 Å². The van der Waals surface area contributed by atoms with E-state index in [2.05, 4.69) is 0 Å². The Hall–Kier alpha value is -1.00. The summed E-state index contributed by atoms with van der Waals surface area (Å²) >= 11 is 1.44. The molecule has 0 radical (unpaired) electrons. The Morgan fingerprint density at radius 2 is 1.88 bits per heavy atom. The van der Waals surface area contributed by atoms with Crippen molar-refractivity contribution in [2.45, 2.75) is 26.3 Å². The first-order chi connectivity index (χ1) is 7.54. The summed E-state index contributed by atoms with van der Waals surface area (Å²) in [5.74, 6) is -1.33. The van der Waals surface area contributed by atoms with Crippen molar-refractivity contribution < 1.29 is 8.78 Å². The normalized spacial score (nSPS) is 11.6. The molecular weight excluding hydrogens is 228 g/mol. The molecule has 1 heterocycles. The van der Waals surface area contributed by atoms with Gasteiger partial charge in [0.15, 0.2) is 11.6 Å². The highest BCUT2D eigenvalue weighted by Crippen LogP contribution is 2.36. The van der Waals surface area contributed by atoms with E-state index < -0.39 is 11.6 Å². The van der Waals surface area contributed by atoms with Crippen molar-refractivity contribution in [3.63, 3.8) is 0 Å². The Morgan fingerprint density at radius 1 is 1.25 bits per heavy atom.